The fourth-order valence-electron chi connectivity index (χ4n) is 3.11. The van der Waals surface area contributed by atoms with E-state index in [0.717, 1.165) is 0 Å². The van der Waals surface area contributed by atoms with Crippen LogP contribution in [-0.4, -0.2) is 46.0 Å². The lowest BCUT2D eigenvalue weighted by molar-refractivity contribution is 0.102. The molecule has 1 N–H and O–H groups in total. The molecule has 150 valence electrons. The summed E-state index contributed by atoms with van der Waals surface area (Å²) in [4.78, 5) is 30.1. The predicted molar refractivity (Wildman–Crippen MR) is 110 cm³/mol. The Morgan fingerprint density at radius 1 is 1.14 bits per heavy atom. The summed E-state index contributed by atoms with van der Waals surface area (Å²) >= 11 is 1.22. The van der Waals surface area contributed by atoms with Gasteiger partial charge in [-0.25, -0.2) is 4.98 Å². The molecule has 0 atom stereocenters. The first-order chi connectivity index (χ1) is 14.2. The van der Waals surface area contributed by atoms with Gasteiger partial charge < -0.3 is 14.6 Å². The Kier molecular flexibility index (Phi) is 5.82. The maximum absolute atomic E-state index is 12.8. The normalized spacial score (nSPS) is 12.9. The number of thioether (sulfide) groups is 1. The van der Waals surface area contributed by atoms with Crippen molar-refractivity contribution in [3.63, 3.8) is 0 Å². The standard InChI is InChI=1S/C21H20N2O5S/c24-9-3-8-23-20(26)15-4-1-2-5-16(15)22-21(23)29-13-17(25)14-6-7-18-19(12-14)28-11-10-27-18/h1-2,4-7,12,24H,3,8-11,13H2. The highest BCUT2D eigenvalue weighted by atomic mass is 32.2. The highest BCUT2D eigenvalue weighted by Gasteiger charge is 2.17. The third-order valence-corrected chi connectivity index (χ3v) is 5.54. The minimum absolute atomic E-state index is 0.0283. The van der Waals surface area contributed by atoms with Crippen molar-refractivity contribution in [3.8, 4) is 11.5 Å². The molecule has 0 amide bonds. The monoisotopic (exact) mass is 412 g/mol. The first-order valence-corrected chi connectivity index (χ1v) is 10.3. The molecule has 7 nitrogen and oxygen atoms in total. The summed E-state index contributed by atoms with van der Waals surface area (Å²) in [6, 6.07) is 12.3. The number of Topliss-reactive ketones (excluding diaryl/α,β-unsaturated/α-hetero) is 1. The number of carbonyl (C=O) groups excluding carboxylic acids is 1. The number of fused-ring (bicyclic) bond motifs is 2. The average Bonchev–Trinajstić information content (AvgIpc) is 2.76. The number of hydrogen-bond acceptors (Lipinski definition) is 7. The number of aromatic nitrogens is 2. The van der Waals surface area contributed by atoms with E-state index in [-0.39, 0.29) is 23.7 Å². The van der Waals surface area contributed by atoms with Crippen molar-refractivity contribution < 1.29 is 19.4 Å². The topological polar surface area (TPSA) is 90.7 Å². The molecule has 0 saturated heterocycles. The Morgan fingerprint density at radius 3 is 2.76 bits per heavy atom. The number of ketones is 1. The number of benzene rings is 2. The van der Waals surface area contributed by atoms with Gasteiger partial charge in [0.25, 0.3) is 5.56 Å². The molecule has 0 aliphatic carbocycles. The Balaban J connectivity index is 1.58. The van der Waals surface area contributed by atoms with E-state index in [4.69, 9.17) is 14.6 Å². The molecule has 2 heterocycles. The Bertz CT molecular complexity index is 1110. The molecule has 3 aromatic rings. The molecule has 1 aliphatic heterocycles. The first kappa shape index (κ1) is 19.5. The molecule has 4 rings (SSSR count). The zero-order valence-corrected chi connectivity index (χ0v) is 16.5. The van der Waals surface area contributed by atoms with Gasteiger partial charge in [-0.2, -0.15) is 0 Å². The van der Waals surface area contributed by atoms with Crippen LogP contribution in [0.15, 0.2) is 52.4 Å². The van der Waals surface area contributed by atoms with Crippen molar-refractivity contribution in [2.45, 2.75) is 18.1 Å². The second kappa shape index (κ2) is 8.67. The van der Waals surface area contributed by atoms with E-state index >= 15 is 0 Å². The van der Waals surface area contributed by atoms with Crippen LogP contribution in [-0.2, 0) is 6.54 Å². The van der Waals surface area contributed by atoms with Gasteiger partial charge in [-0.1, -0.05) is 23.9 Å². The zero-order chi connectivity index (χ0) is 20.2. The molecule has 0 saturated carbocycles. The minimum atomic E-state index is -0.168. The maximum atomic E-state index is 12.8. The van der Waals surface area contributed by atoms with Gasteiger partial charge in [0.2, 0.25) is 0 Å². The largest absolute Gasteiger partial charge is 0.486 e. The van der Waals surface area contributed by atoms with Crippen LogP contribution in [0.2, 0.25) is 0 Å². The van der Waals surface area contributed by atoms with E-state index in [1.807, 2.05) is 6.07 Å². The molecule has 8 heteroatoms. The average molecular weight is 412 g/mol. The lowest BCUT2D eigenvalue weighted by Gasteiger charge is -2.18. The lowest BCUT2D eigenvalue weighted by atomic mass is 10.1. The fraction of sp³-hybridized carbons (Fsp3) is 0.286. The van der Waals surface area contributed by atoms with Crippen molar-refractivity contribution in [2.24, 2.45) is 0 Å². The van der Waals surface area contributed by atoms with Crippen LogP contribution in [0.3, 0.4) is 0 Å². The molecule has 0 spiro atoms. The highest BCUT2D eigenvalue weighted by Crippen LogP contribution is 2.31. The van der Waals surface area contributed by atoms with E-state index in [1.54, 1.807) is 36.4 Å². The number of hydrogen-bond donors (Lipinski definition) is 1. The minimum Gasteiger partial charge on any atom is -0.486 e. The van der Waals surface area contributed by atoms with E-state index in [2.05, 4.69) is 4.98 Å². The summed E-state index contributed by atoms with van der Waals surface area (Å²) in [7, 11) is 0. The number of ether oxygens (including phenoxy) is 2. The van der Waals surface area contributed by atoms with Gasteiger partial charge in [-0.05, 0) is 36.8 Å². The molecule has 1 aromatic heterocycles. The summed E-state index contributed by atoms with van der Waals surface area (Å²) in [5.41, 5.74) is 0.942. The summed E-state index contributed by atoms with van der Waals surface area (Å²) in [6.07, 6.45) is 0.434. The van der Waals surface area contributed by atoms with Gasteiger partial charge in [0.15, 0.2) is 22.4 Å². The molecule has 0 fully saturated rings. The van der Waals surface area contributed by atoms with Gasteiger partial charge in [0.05, 0.1) is 16.7 Å². The highest BCUT2D eigenvalue weighted by molar-refractivity contribution is 7.99. The van der Waals surface area contributed by atoms with Crippen molar-refractivity contribution in [1.29, 1.82) is 0 Å². The number of carbonyl (C=O) groups is 1. The van der Waals surface area contributed by atoms with Crippen LogP contribution in [0.5, 0.6) is 11.5 Å². The molecule has 0 unspecified atom stereocenters. The van der Waals surface area contributed by atoms with E-state index in [9.17, 15) is 9.59 Å². The van der Waals surface area contributed by atoms with Crippen LogP contribution in [0, 0.1) is 0 Å². The van der Waals surface area contributed by atoms with E-state index < -0.39 is 0 Å². The fourth-order valence-corrected chi connectivity index (χ4v) is 4.03. The lowest BCUT2D eigenvalue weighted by Crippen LogP contribution is -2.24. The third-order valence-electron chi connectivity index (χ3n) is 4.56. The van der Waals surface area contributed by atoms with Crippen LogP contribution in [0.4, 0.5) is 0 Å². The first-order valence-electron chi connectivity index (χ1n) is 9.33. The van der Waals surface area contributed by atoms with E-state index in [0.29, 0.717) is 59.3 Å². The van der Waals surface area contributed by atoms with Gasteiger partial charge in [-0.15, -0.1) is 0 Å². The number of rotatable bonds is 7. The van der Waals surface area contributed by atoms with Gasteiger partial charge in [0.1, 0.15) is 13.2 Å². The van der Waals surface area contributed by atoms with E-state index in [1.165, 1.54) is 16.3 Å². The summed E-state index contributed by atoms with van der Waals surface area (Å²) in [5.74, 6) is 1.23. The quantitative estimate of drug-likeness (QED) is 0.362. The molecule has 0 radical (unpaired) electrons. The SMILES string of the molecule is O=C(CSc1nc2ccccc2c(=O)n1CCCO)c1ccc2c(c1)OCCO2. The molecule has 0 bridgehead atoms. The number of nitrogens with zero attached hydrogens (tertiary/aromatic N) is 2. The summed E-state index contributed by atoms with van der Waals surface area (Å²) in [6.45, 7) is 1.26. The van der Waals surface area contributed by atoms with Crippen molar-refractivity contribution in [3.05, 3.63) is 58.4 Å². The van der Waals surface area contributed by atoms with Crippen LogP contribution in [0.25, 0.3) is 10.9 Å². The second-order valence-corrected chi connectivity index (χ2v) is 7.46. The third kappa shape index (κ3) is 4.13. The smallest absolute Gasteiger partial charge is 0.262 e. The molecule has 1 aliphatic rings. The number of aliphatic hydroxyl groups excluding tert-OH is 1. The summed E-state index contributed by atoms with van der Waals surface area (Å²) in [5, 5.41) is 10.2. The predicted octanol–water partition coefficient (Wildman–Crippen LogP) is 2.53. The molecular formula is C21H20N2O5S. The number of para-hydroxylation sites is 1. The molecule has 29 heavy (non-hydrogen) atoms. The van der Waals surface area contributed by atoms with Gasteiger partial charge in [0, 0.05) is 18.7 Å². The molecular weight excluding hydrogens is 392 g/mol. The zero-order valence-electron chi connectivity index (χ0n) is 15.7. The molecule has 2 aromatic carbocycles. The van der Waals surface area contributed by atoms with Crippen molar-refractivity contribution in [1.82, 2.24) is 9.55 Å². The van der Waals surface area contributed by atoms with Crippen LogP contribution in [0.1, 0.15) is 16.8 Å². The van der Waals surface area contributed by atoms with Crippen LogP contribution >= 0.6 is 11.8 Å². The number of aliphatic hydroxyl groups is 1. The van der Waals surface area contributed by atoms with Gasteiger partial charge >= 0.3 is 0 Å². The Labute approximate surface area is 171 Å². The van der Waals surface area contributed by atoms with Crippen molar-refractivity contribution in [2.75, 3.05) is 25.6 Å². The Hall–Kier alpha value is -2.84. The van der Waals surface area contributed by atoms with Crippen LogP contribution < -0.4 is 15.0 Å². The summed E-state index contributed by atoms with van der Waals surface area (Å²) < 4.78 is 12.6. The van der Waals surface area contributed by atoms with Crippen molar-refractivity contribution >= 4 is 28.4 Å². The second-order valence-electron chi connectivity index (χ2n) is 6.52. The Morgan fingerprint density at radius 2 is 1.93 bits per heavy atom. The van der Waals surface area contributed by atoms with Gasteiger partial charge in [-0.3, -0.25) is 14.2 Å². The maximum Gasteiger partial charge on any atom is 0.262 e.